The second kappa shape index (κ2) is 7.19. The Hall–Kier alpha value is -0.930. The Labute approximate surface area is 123 Å². The van der Waals surface area contributed by atoms with E-state index in [2.05, 4.69) is 61.2 Å². The molecule has 1 aliphatic rings. The Morgan fingerprint density at radius 3 is 2.80 bits per heavy atom. The molecule has 3 heteroatoms. The third kappa shape index (κ3) is 3.80. The summed E-state index contributed by atoms with van der Waals surface area (Å²) in [5.41, 5.74) is 2.31. The van der Waals surface area contributed by atoms with Gasteiger partial charge in [-0.25, -0.2) is 0 Å². The number of hydrogen-bond acceptors (Lipinski definition) is 3. The van der Waals surface area contributed by atoms with Gasteiger partial charge >= 0.3 is 0 Å². The SMILES string of the molecule is CCN(Cc1cccc(C)n1)C1CC(C)CCC1NC. The molecule has 0 radical (unpaired) electrons. The van der Waals surface area contributed by atoms with Gasteiger partial charge in [-0.1, -0.05) is 19.9 Å². The Morgan fingerprint density at radius 2 is 2.15 bits per heavy atom. The molecule has 0 aliphatic heterocycles. The van der Waals surface area contributed by atoms with Gasteiger partial charge < -0.3 is 5.32 Å². The van der Waals surface area contributed by atoms with Crippen LogP contribution in [0.2, 0.25) is 0 Å². The van der Waals surface area contributed by atoms with Gasteiger partial charge in [0.2, 0.25) is 0 Å². The molecule has 1 heterocycles. The summed E-state index contributed by atoms with van der Waals surface area (Å²) in [5.74, 6) is 0.837. The van der Waals surface area contributed by atoms with Crippen LogP contribution < -0.4 is 5.32 Å². The van der Waals surface area contributed by atoms with Crippen LogP contribution >= 0.6 is 0 Å². The molecule has 1 aromatic rings. The zero-order valence-electron chi connectivity index (χ0n) is 13.4. The van der Waals surface area contributed by atoms with Crippen LogP contribution in [0.15, 0.2) is 18.2 Å². The Balaban J connectivity index is 2.09. The lowest BCUT2D eigenvalue weighted by Gasteiger charge is -2.41. The van der Waals surface area contributed by atoms with Crippen molar-refractivity contribution < 1.29 is 0 Å². The summed E-state index contributed by atoms with van der Waals surface area (Å²) in [6, 6.07) is 7.59. The van der Waals surface area contributed by atoms with E-state index in [-0.39, 0.29) is 0 Å². The van der Waals surface area contributed by atoms with E-state index >= 15 is 0 Å². The molecule has 0 aromatic carbocycles. The summed E-state index contributed by atoms with van der Waals surface area (Å²) in [6.07, 6.45) is 3.94. The molecule has 0 amide bonds. The van der Waals surface area contributed by atoms with Crippen molar-refractivity contribution in [2.45, 2.75) is 58.7 Å². The first kappa shape index (κ1) is 15.5. The number of nitrogens with one attached hydrogen (secondary N) is 1. The van der Waals surface area contributed by atoms with Crippen LogP contribution in [0.25, 0.3) is 0 Å². The summed E-state index contributed by atoms with van der Waals surface area (Å²) in [7, 11) is 2.10. The number of rotatable bonds is 5. The smallest absolute Gasteiger partial charge is 0.0547 e. The molecule has 112 valence electrons. The number of hydrogen-bond donors (Lipinski definition) is 1. The van der Waals surface area contributed by atoms with Crippen LogP contribution in [0.5, 0.6) is 0 Å². The zero-order chi connectivity index (χ0) is 14.5. The lowest BCUT2D eigenvalue weighted by atomic mass is 9.82. The highest BCUT2D eigenvalue weighted by molar-refractivity contribution is 5.10. The highest BCUT2D eigenvalue weighted by Gasteiger charge is 2.31. The predicted molar refractivity (Wildman–Crippen MR) is 84.7 cm³/mol. The lowest BCUT2D eigenvalue weighted by molar-refractivity contribution is 0.101. The largest absolute Gasteiger partial charge is 0.315 e. The maximum Gasteiger partial charge on any atom is 0.0547 e. The topological polar surface area (TPSA) is 28.2 Å². The molecule has 2 rings (SSSR count). The van der Waals surface area contributed by atoms with E-state index in [1.54, 1.807) is 0 Å². The lowest BCUT2D eigenvalue weighted by Crippen LogP contribution is -2.51. The minimum absolute atomic E-state index is 0.621. The Morgan fingerprint density at radius 1 is 1.35 bits per heavy atom. The molecule has 0 saturated heterocycles. The van der Waals surface area contributed by atoms with Gasteiger partial charge in [-0.05, 0) is 57.8 Å². The van der Waals surface area contributed by atoms with Crippen LogP contribution in [0.3, 0.4) is 0 Å². The molecular formula is C17H29N3. The third-order valence-electron chi connectivity index (χ3n) is 4.64. The van der Waals surface area contributed by atoms with Crippen molar-refractivity contribution in [3.63, 3.8) is 0 Å². The highest BCUT2D eigenvalue weighted by atomic mass is 15.2. The molecule has 3 atom stereocenters. The molecule has 20 heavy (non-hydrogen) atoms. The number of aromatic nitrogens is 1. The molecule has 1 N–H and O–H groups in total. The fourth-order valence-corrected chi connectivity index (χ4v) is 3.45. The van der Waals surface area contributed by atoms with Crippen LogP contribution in [0.4, 0.5) is 0 Å². The normalized spacial score (nSPS) is 26.9. The first-order chi connectivity index (χ1) is 9.63. The minimum Gasteiger partial charge on any atom is -0.315 e. The molecule has 1 aliphatic carbocycles. The van der Waals surface area contributed by atoms with E-state index in [0.717, 1.165) is 24.7 Å². The summed E-state index contributed by atoms with van der Waals surface area (Å²) in [6.45, 7) is 8.78. The fourth-order valence-electron chi connectivity index (χ4n) is 3.45. The maximum atomic E-state index is 4.66. The molecule has 3 unspecified atom stereocenters. The summed E-state index contributed by atoms with van der Waals surface area (Å²) >= 11 is 0. The van der Waals surface area contributed by atoms with Crippen molar-refractivity contribution in [1.29, 1.82) is 0 Å². The van der Waals surface area contributed by atoms with E-state index in [1.165, 1.54) is 25.0 Å². The first-order valence-corrected chi connectivity index (χ1v) is 7.97. The predicted octanol–water partition coefficient (Wildman–Crippen LogP) is 2.99. The molecule has 1 aromatic heterocycles. The van der Waals surface area contributed by atoms with Gasteiger partial charge in [0.05, 0.1) is 5.69 Å². The van der Waals surface area contributed by atoms with Gasteiger partial charge in [0.25, 0.3) is 0 Å². The summed E-state index contributed by atoms with van der Waals surface area (Å²) in [5, 5.41) is 3.52. The quantitative estimate of drug-likeness (QED) is 0.895. The van der Waals surface area contributed by atoms with E-state index in [4.69, 9.17) is 0 Å². The van der Waals surface area contributed by atoms with E-state index in [1.807, 2.05) is 0 Å². The van der Waals surface area contributed by atoms with Crippen LogP contribution in [0.1, 0.15) is 44.5 Å². The van der Waals surface area contributed by atoms with Crippen LogP contribution in [-0.2, 0) is 6.54 Å². The van der Waals surface area contributed by atoms with Gasteiger partial charge in [-0.2, -0.15) is 0 Å². The number of aryl methyl sites for hydroxylation is 1. The van der Waals surface area contributed by atoms with Gasteiger partial charge in [0.1, 0.15) is 0 Å². The van der Waals surface area contributed by atoms with Gasteiger partial charge in [0, 0.05) is 24.3 Å². The summed E-state index contributed by atoms with van der Waals surface area (Å²) < 4.78 is 0. The van der Waals surface area contributed by atoms with Crippen molar-refractivity contribution in [3.05, 3.63) is 29.6 Å². The molecular weight excluding hydrogens is 246 g/mol. The van der Waals surface area contributed by atoms with Crippen molar-refractivity contribution in [2.24, 2.45) is 5.92 Å². The van der Waals surface area contributed by atoms with E-state index in [0.29, 0.717) is 12.1 Å². The molecule has 3 nitrogen and oxygen atoms in total. The van der Waals surface area contributed by atoms with E-state index in [9.17, 15) is 0 Å². The zero-order valence-corrected chi connectivity index (χ0v) is 13.4. The summed E-state index contributed by atoms with van der Waals surface area (Å²) in [4.78, 5) is 7.26. The van der Waals surface area contributed by atoms with E-state index < -0.39 is 0 Å². The van der Waals surface area contributed by atoms with Crippen LogP contribution in [0, 0.1) is 12.8 Å². The second-order valence-electron chi connectivity index (χ2n) is 6.21. The first-order valence-electron chi connectivity index (χ1n) is 7.97. The number of pyridine rings is 1. The molecule has 0 bridgehead atoms. The highest BCUT2D eigenvalue weighted by Crippen LogP contribution is 2.28. The van der Waals surface area contributed by atoms with Crippen LogP contribution in [-0.4, -0.2) is 35.6 Å². The van der Waals surface area contributed by atoms with Crippen molar-refractivity contribution >= 4 is 0 Å². The third-order valence-corrected chi connectivity index (χ3v) is 4.64. The second-order valence-corrected chi connectivity index (χ2v) is 6.21. The number of likely N-dealkylation sites (N-methyl/N-ethyl adjacent to an activating group) is 2. The average Bonchev–Trinajstić information content (AvgIpc) is 2.45. The van der Waals surface area contributed by atoms with Crippen molar-refractivity contribution in [3.8, 4) is 0 Å². The fraction of sp³-hybridized carbons (Fsp3) is 0.706. The average molecular weight is 275 g/mol. The molecule has 0 spiro atoms. The van der Waals surface area contributed by atoms with Crippen molar-refractivity contribution in [2.75, 3.05) is 13.6 Å². The Bertz CT molecular complexity index is 418. The monoisotopic (exact) mass is 275 g/mol. The standard InChI is InChI=1S/C17H29N3/c1-5-20(12-15-8-6-7-14(3)19-15)17-11-13(2)9-10-16(17)18-4/h6-8,13,16-18H,5,9-12H2,1-4H3. The minimum atomic E-state index is 0.621. The van der Waals surface area contributed by atoms with Gasteiger partial charge in [-0.3, -0.25) is 9.88 Å². The number of nitrogens with zero attached hydrogens (tertiary/aromatic N) is 2. The Kier molecular flexibility index (Phi) is 5.55. The molecule has 1 saturated carbocycles. The van der Waals surface area contributed by atoms with Gasteiger partial charge in [-0.15, -0.1) is 0 Å². The van der Waals surface area contributed by atoms with Gasteiger partial charge in [0.15, 0.2) is 0 Å². The van der Waals surface area contributed by atoms with Crippen molar-refractivity contribution in [1.82, 2.24) is 15.2 Å². The maximum absolute atomic E-state index is 4.66. The molecule has 1 fully saturated rings.